The highest BCUT2D eigenvalue weighted by atomic mass is 16.4. The maximum absolute atomic E-state index is 12.9. The summed E-state index contributed by atoms with van der Waals surface area (Å²) < 4.78 is 0. The van der Waals surface area contributed by atoms with Crippen LogP contribution in [0.2, 0.25) is 0 Å². The van der Waals surface area contributed by atoms with Crippen LogP contribution in [-0.2, 0) is 9.59 Å². The van der Waals surface area contributed by atoms with E-state index in [1.54, 1.807) is 0 Å². The molecule has 24 heavy (non-hydrogen) atoms. The van der Waals surface area contributed by atoms with E-state index >= 15 is 0 Å². The summed E-state index contributed by atoms with van der Waals surface area (Å²) in [5, 5.41) is 8.85. The first-order valence-electron chi connectivity index (χ1n) is 8.46. The zero-order chi connectivity index (χ0) is 16.9. The van der Waals surface area contributed by atoms with Crippen molar-refractivity contribution < 1.29 is 14.7 Å². The molecule has 4 N–H and O–H groups in total. The lowest BCUT2D eigenvalue weighted by Gasteiger charge is -2.35. The number of aliphatic carboxylic acids is 1. The van der Waals surface area contributed by atoms with Crippen molar-refractivity contribution in [2.45, 2.75) is 37.8 Å². The number of nitrogens with zero attached hydrogens (tertiary/aromatic N) is 1. The van der Waals surface area contributed by atoms with E-state index in [2.05, 4.69) is 16.4 Å². The summed E-state index contributed by atoms with van der Waals surface area (Å²) in [6.45, 7) is 1.38. The Balaban J connectivity index is 1.63. The predicted octanol–water partition coefficient (Wildman–Crippen LogP) is 0.812. The van der Waals surface area contributed by atoms with Crippen molar-refractivity contribution in [3.63, 3.8) is 0 Å². The molecule has 7 nitrogen and oxygen atoms in total. The van der Waals surface area contributed by atoms with Gasteiger partial charge in [0.15, 0.2) is 0 Å². The van der Waals surface area contributed by atoms with Crippen LogP contribution in [0.5, 0.6) is 0 Å². The first-order chi connectivity index (χ1) is 11.6. The summed E-state index contributed by atoms with van der Waals surface area (Å²) in [5.41, 5.74) is 10.0. The van der Waals surface area contributed by atoms with E-state index in [9.17, 15) is 9.59 Å². The molecule has 130 valence electrons. The lowest BCUT2D eigenvalue weighted by Crippen LogP contribution is -2.50. The van der Waals surface area contributed by atoms with Gasteiger partial charge in [-0.1, -0.05) is 30.3 Å². The van der Waals surface area contributed by atoms with Gasteiger partial charge in [-0.2, -0.15) is 5.53 Å². The summed E-state index contributed by atoms with van der Waals surface area (Å²) in [6.07, 6.45) is 2.73. The van der Waals surface area contributed by atoms with Gasteiger partial charge < -0.3 is 10.0 Å². The molecule has 3 atom stereocenters. The molecule has 7 heteroatoms. The third-order valence-electron chi connectivity index (χ3n) is 4.81. The molecule has 0 aliphatic carbocycles. The molecule has 0 spiro atoms. The molecule has 2 saturated heterocycles. The quantitative estimate of drug-likeness (QED) is 0.638. The highest BCUT2D eigenvalue weighted by molar-refractivity contribution is 5.83. The van der Waals surface area contributed by atoms with Crippen LogP contribution in [-0.4, -0.2) is 41.0 Å². The summed E-state index contributed by atoms with van der Waals surface area (Å²) in [6, 6.07) is 9.37. The summed E-state index contributed by atoms with van der Waals surface area (Å²) >= 11 is 0. The molecule has 0 radical (unpaired) electrons. The minimum Gasteiger partial charge on any atom is -0.481 e. The number of nitrogens with one attached hydrogen (secondary N) is 3. The number of hydrazine groups is 2. The van der Waals surface area contributed by atoms with E-state index in [-0.39, 0.29) is 30.3 Å². The molecule has 2 heterocycles. The molecule has 2 aliphatic heterocycles. The summed E-state index contributed by atoms with van der Waals surface area (Å²) in [7, 11) is 0. The third-order valence-corrected chi connectivity index (χ3v) is 4.81. The maximum Gasteiger partial charge on any atom is 0.303 e. The van der Waals surface area contributed by atoms with Gasteiger partial charge in [-0.15, -0.1) is 0 Å². The molecule has 2 fully saturated rings. The average molecular weight is 332 g/mol. The van der Waals surface area contributed by atoms with Crippen molar-refractivity contribution in [3.8, 4) is 0 Å². The number of carbonyl (C=O) groups excluding carboxylic acids is 1. The van der Waals surface area contributed by atoms with Crippen LogP contribution >= 0.6 is 0 Å². The zero-order valence-corrected chi connectivity index (χ0v) is 13.6. The lowest BCUT2D eigenvalue weighted by molar-refractivity contribution is -0.137. The number of carboxylic acid groups (broad SMARTS) is 1. The highest BCUT2D eigenvalue weighted by Gasteiger charge is 2.37. The molecule has 3 unspecified atom stereocenters. The number of hydrogen-bond acceptors (Lipinski definition) is 5. The van der Waals surface area contributed by atoms with E-state index < -0.39 is 5.97 Å². The molecule has 3 rings (SSSR count). The number of carbonyl (C=O) groups is 2. The second-order valence-electron chi connectivity index (χ2n) is 6.50. The number of piperidine rings is 1. The Morgan fingerprint density at radius 3 is 2.75 bits per heavy atom. The zero-order valence-electron chi connectivity index (χ0n) is 13.6. The molecule has 1 aromatic carbocycles. The van der Waals surface area contributed by atoms with Gasteiger partial charge in [-0.3, -0.25) is 9.59 Å². The summed E-state index contributed by atoms with van der Waals surface area (Å²) in [4.78, 5) is 25.6. The minimum atomic E-state index is -0.770. The van der Waals surface area contributed by atoms with Crippen molar-refractivity contribution in [3.05, 3.63) is 35.9 Å². The van der Waals surface area contributed by atoms with E-state index in [0.29, 0.717) is 13.0 Å². The Morgan fingerprint density at radius 2 is 2.00 bits per heavy atom. The van der Waals surface area contributed by atoms with Gasteiger partial charge in [0.2, 0.25) is 5.91 Å². The van der Waals surface area contributed by atoms with E-state index in [1.807, 2.05) is 35.2 Å². The number of benzene rings is 1. The van der Waals surface area contributed by atoms with Crippen molar-refractivity contribution >= 4 is 11.9 Å². The number of hydrogen-bond donors (Lipinski definition) is 4. The van der Waals surface area contributed by atoms with Crippen molar-refractivity contribution in [2.75, 3.05) is 13.1 Å². The first kappa shape index (κ1) is 16.9. The van der Waals surface area contributed by atoms with Crippen LogP contribution in [0.4, 0.5) is 0 Å². The second kappa shape index (κ2) is 7.74. The number of carboxylic acids is 1. The maximum atomic E-state index is 12.9. The van der Waals surface area contributed by atoms with Crippen LogP contribution in [0.25, 0.3) is 0 Å². The highest BCUT2D eigenvalue weighted by Crippen LogP contribution is 2.25. The Bertz CT molecular complexity index is 580. The molecule has 0 bridgehead atoms. The summed E-state index contributed by atoms with van der Waals surface area (Å²) in [5.74, 6) is -0.439. The molecule has 2 aliphatic rings. The largest absolute Gasteiger partial charge is 0.481 e. The van der Waals surface area contributed by atoms with Gasteiger partial charge in [-0.05, 0) is 30.7 Å². The van der Waals surface area contributed by atoms with Gasteiger partial charge in [-0.25, -0.2) is 10.9 Å². The molecular weight excluding hydrogens is 308 g/mol. The van der Waals surface area contributed by atoms with Crippen LogP contribution in [0.1, 0.15) is 37.3 Å². The first-order valence-corrected chi connectivity index (χ1v) is 8.46. The van der Waals surface area contributed by atoms with E-state index in [4.69, 9.17) is 5.11 Å². The third kappa shape index (κ3) is 3.92. The SMILES string of the molecule is O=C(O)CCC1CCCN(C(=O)C2NNNC2c2ccccc2)C1. The Morgan fingerprint density at radius 1 is 1.21 bits per heavy atom. The number of rotatable bonds is 5. The number of amides is 1. The van der Waals surface area contributed by atoms with E-state index in [1.165, 1.54) is 0 Å². The van der Waals surface area contributed by atoms with Crippen LogP contribution in [0.3, 0.4) is 0 Å². The van der Waals surface area contributed by atoms with Crippen LogP contribution in [0, 0.1) is 5.92 Å². The molecule has 0 aromatic heterocycles. The molecular formula is C17H24N4O3. The standard InChI is InChI=1S/C17H24N4O3/c22-14(23)9-8-12-5-4-10-21(11-12)17(24)16-15(18-20-19-16)13-6-2-1-3-7-13/h1-3,6-7,12,15-16,18-20H,4-5,8-11H2,(H,22,23). The van der Waals surface area contributed by atoms with Gasteiger partial charge >= 0.3 is 5.97 Å². The van der Waals surface area contributed by atoms with Crippen molar-refractivity contribution in [2.24, 2.45) is 5.92 Å². The molecule has 1 aromatic rings. The fourth-order valence-corrected chi connectivity index (χ4v) is 3.53. The lowest BCUT2D eigenvalue weighted by atomic mass is 9.92. The Hall–Kier alpha value is -1.96. The second-order valence-corrected chi connectivity index (χ2v) is 6.50. The minimum absolute atomic E-state index is 0.0568. The van der Waals surface area contributed by atoms with E-state index in [0.717, 1.165) is 24.9 Å². The normalized spacial score (nSPS) is 27.2. The van der Waals surface area contributed by atoms with Gasteiger partial charge in [0.25, 0.3) is 0 Å². The fourth-order valence-electron chi connectivity index (χ4n) is 3.53. The van der Waals surface area contributed by atoms with Crippen LogP contribution < -0.4 is 16.4 Å². The topological polar surface area (TPSA) is 93.7 Å². The molecule has 0 saturated carbocycles. The Labute approximate surface area is 141 Å². The van der Waals surface area contributed by atoms with Gasteiger partial charge in [0.05, 0.1) is 6.04 Å². The van der Waals surface area contributed by atoms with Crippen molar-refractivity contribution in [1.29, 1.82) is 0 Å². The van der Waals surface area contributed by atoms with Crippen LogP contribution in [0.15, 0.2) is 30.3 Å². The fraction of sp³-hybridized carbons (Fsp3) is 0.529. The molecule has 1 amide bonds. The average Bonchev–Trinajstić information content (AvgIpc) is 3.10. The smallest absolute Gasteiger partial charge is 0.303 e. The Kier molecular flexibility index (Phi) is 5.44. The predicted molar refractivity (Wildman–Crippen MR) is 88.6 cm³/mol. The van der Waals surface area contributed by atoms with Gasteiger partial charge in [0, 0.05) is 19.5 Å². The van der Waals surface area contributed by atoms with Gasteiger partial charge in [0.1, 0.15) is 6.04 Å². The monoisotopic (exact) mass is 332 g/mol. The number of likely N-dealkylation sites (tertiary alicyclic amines) is 1. The van der Waals surface area contributed by atoms with Crippen molar-refractivity contribution in [1.82, 2.24) is 21.3 Å².